The van der Waals surface area contributed by atoms with Crippen molar-refractivity contribution in [2.45, 2.75) is 20.0 Å². The summed E-state index contributed by atoms with van der Waals surface area (Å²) in [7, 11) is 1.90. The fraction of sp³-hybridized carbons (Fsp3) is 0.333. The van der Waals surface area contributed by atoms with Crippen LogP contribution < -0.4 is 9.47 Å². The molecule has 0 unspecified atom stereocenters. The van der Waals surface area contributed by atoms with Crippen molar-refractivity contribution in [3.05, 3.63) is 42.0 Å². The lowest BCUT2D eigenvalue weighted by molar-refractivity contribution is 0.111. The molecule has 0 radical (unpaired) electrons. The van der Waals surface area contributed by atoms with Crippen LogP contribution in [0.2, 0.25) is 0 Å². The van der Waals surface area contributed by atoms with Crippen LogP contribution in [0.25, 0.3) is 0 Å². The number of imidazole rings is 1. The maximum absolute atomic E-state index is 11.0. The molecule has 0 aliphatic rings. The molecule has 2 rings (SSSR count). The van der Waals surface area contributed by atoms with Crippen molar-refractivity contribution in [1.29, 1.82) is 0 Å². The third-order valence-electron chi connectivity index (χ3n) is 2.88. The second-order valence-corrected chi connectivity index (χ2v) is 4.45. The average Bonchev–Trinajstić information content (AvgIpc) is 2.88. The summed E-state index contributed by atoms with van der Waals surface area (Å²) in [5, 5.41) is 0. The summed E-state index contributed by atoms with van der Waals surface area (Å²) in [5.74, 6) is 1.23. The number of hydrogen-bond donors (Lipinski definition) is 0. The van der Waals surface area contributed by atoms with Crippen molar-refractivity contribution >= 4 is 6.29 Å². The van der Waals surface area contributed by atoms with Crippen molar-refractivity contribution in [2.24, 2.45) is 7.05 Å². The molecule has 0 amide bonds. The van der Waals surface area contributed by atoms with E-state index in [2.05, 4.69) is 4.98 Å². The van der Waals surface area contributed by atoms with Crippen LogP contribution in [0.5, 0.6) is 11.5 Å². The van der Waals surface area contributed by atoms with Crippen LogP contribution in [0, 0.1) is 0 Å². The summed E-state index contributed by atoms with van der Waals surface area (Å²) in [5.41, 5.74) is 1.44. The van der Waals surface area contributed by atoms with E-state index in [4.69, 9.17) is 9.47 Å². The summed E-state index contributed by atoms with van der Waals surface area (Å²) in [4.78, 5) is 15.1. The Kier molecular flexibility index (Phi) is 4.76. The number of ether oxygens (including phenoxy) is 2. The lowest BCUT2D eigenvalue weighted by Gasteiger charge is -2.11. The highest BCUT2D eigenvalue weighted by atomic mass is 16.5. The molecule has 0 aliphatic heterocycles. The Balaban J connectivity index is 2.11. The van der Waals surface area contributed by atoms with Gasteiger partial charge < -0.3 is 14.0 Å². The predicted molar refractivity (Wildman–Crippen MR) is 75.2 cm³/mol. The van der Waals surface area contributed by atoms with E-state index in [0.29, 0.717) is 30.3 Å². The molecule has 0 spiro atoms. The molecule has 1 heterocycles. The first-order chi connectivity index (χ1) is 9.74. The van der Waals surface area contributed by atoms with Crippen LogP contribution in [-0.2, 0) is 13.7 Å². The fourth-order valence-electron chi connectivity index (χ4n) is 1.72. The normalized spacial score (nSPS) is 10.3. The molecule has 0 saturated heterocycles. The van der Waals surface area contributed by atoms with Crippen molar-refractivity contribution in [3.63, 3.8) is 0 Å². The third kappa shape index (κ3) is 3.38. The number of carbonyl (C=O) groups is 1. The number of carbonyl (C=O) groups excluding carboxylic acids is 1. The van der Waals surface area contributed by atoms with Crippen molar-refractivity contribution in [1.82, 2.24) is 9.55 Å². The first-order valence-corrected chi connectivity index (χ1v) is 6.54. The van der Waals surface area contributed by atoms with E-state index in [1.165, 1.54) is 0 Å². The van der Waals surface area contributed by atoms with Gasteiger partial charge in [0.2, 0.25) is 0 Å². The van der Waals surface area contributed by atoms with Crippen molar-refractivity contribution in [3.8, 4) is 11.5 Å². The number of hydrogen-bond acceptors (Lipinski definition) is 4. The molecule has 1 aromatic heterocycles. The van der Waals surface area contributed by atoms with Crippen LogP contribution >= 0.6 is 0 Å². The number of aryl methyl sites for hydroxylation is 1. The highest BCUT2D eigenvalue weighted by molar-refractivity contribution is 5.79. The SMILES string of the molecule is CCCOc1ccc(C=O)c(OCc2cncn2C)c1. The van der Waals surface area contributed by atoms with Gasteiger partial charge in [0, 0.05) is 13.1 Å². The molecule has 0 N–H and O–H groups in total. The Morgan fingerprint density at radius 3 is 2.85 bits per heavy atom. The van der Waals surface area contributed by atoms with Gasteiger partial charge in [-0.2, -0.15) is 0 Å². The quantitative estimate of drug-likeness (QED) is 0.728. The summed E-state index contributed by atoms with van der Waals surface area (Å²) in [6.45, 7) is 3.04. The van der Waals surface area contributed by atoms with Gasteiger partial charge in [-0.1, -0.05) is 6.92 Å². The average molecular weight is 274 g/mol. The van der Waals surface area contributed by atoms with Crippen molar-refractivity contribution in [2.75, 3.05) is 6.61 Å². The lowest BCUT2D eigenvalue weighted by atomic mass is 10.2. The molecule has 0 fully saturated rings. The molecule has 5 nitrogen and oxygen atoms in total. The standard InChI is InChI=1S/C15H18N2O3/c1-3-6-19-14-5-4-12(9-18)15(7-14)20-10-13-8-16-11-17(13)2/h4-5,7-9,11H,3,6,10H2,1-2H3. The Bertz CT molecular complexity index is 578. The van der Waals surface area contributed by atoms with E-state index >= 15 is 0 Å². The van der Waals surface area contributed by atoms with Crippen LogP contribution in [-0.4, -0.2) is 22.4 Å². The first kappa shape index (κ1) is 14.1. The monoisotopic (exact) mass is 274 g/mol. The molecule has 20 heavy (non-hydrogen) atoms. The molecule has 106 valence electrons. The molecule has 1 aromatic carbocycles. The number of nitrogens with zero attached hydrogens (tertiary/aromatic N) is 2. The van der Waals surface area contributed by atoms with Gasteiger partial charge in [-0.15, -0.1) is 0 Å². The van der Waals surface area contributed by atoms with E-state index in [-0.39, 0.29) is 0 Å². The zero-order valence-electron chi connectivity index (χ0n) is 11.7. The Hall–Kier alpha value is -2.30. The highest BCUT2D eigenvalue weighted by Gasteiger charge is 2.07. The van der Waals surface area contributed by atoms with Crippen molar-refractivity contribution < 1.29 is 14.3 Å². The number of rotatable bonds is 7. The van der Waals surface area contributed by atoms with E-state index in [1.807, 2.05) is 18.5 Å². The van der Waals surface area contributed by atoms with Crippen LogP contribution in [0.15, 0.2) is 30.7 Å². The fourth-order valence-corrected chi connectivity index (χ4v) is 1.72. The van der Waals surface area contributed by atoms with Gasteiger partial charge in [0.1, 0.15) is 18.1 Å². The summed E-state index contributed by atoms with van der Waals surface area (Å²) >= 11 is 0. The summed E-state index contributed by atoms with van der Waals surface area (Å²) in [6.07, 6.45) is 5.15. The zero-order valence-corrected chi connectivity index (χ0v) is 11.7. The molecular formula is C15H18N2O3. The van der Waals surface area contributed by atoms with E-state index < -0.39 is 0 Å². The summed E-state index contributed by atoms with van der Waals surface area (Å²) < 4.78 is 13.1. The van der Waals surface area contributed by atoms with Crippen LogP contribution in [0.1, 0.15) is 29.4 Å². The third-order valence-corrected chi connectivity index (χ3v) is 2.88. The Morgan fingerprint density at radius 2 is 2.20 bits per heavy atom. The molecule has 2 aromatic rings. The number of aromatic nitrogens is 2. The maximum atomic E-state index is 11.0. The van der Waals surface area contributed by atoms with Gasteiger partial charge in [0.15, 0.2) is 6.29 Å². The number of benzene rings is 1. The van der Waals surface area contributed by atoms with Gasteiger partial charge >= 0.3 is 0 Å². The van der Waals surface area contributed by atoms with E-state index in [1.54, 1.807) is 30.7 Å². The van der Waals surface area contributed by atoms with Gasteiger partial charge in [0.25, 0.3) is 0 Å². The minimum atomic E-state index is 0.356. The molecule has 5 heteroatoms. The largest absolute Gasteiger partial charge is 0.493 e. The molecule has 0 aliphatic carbocycles. The molecular weight excluding hydrogens is 256 g/mol. The first-order valence-electron chi connectivity index (χ1n) is 6.54. The lowest BCUT2D eigenvalue weighted by Crippen LogP contribution is -2.03. The van der Waals surface area contributed by atoms with Gasteiger partial charge in [-0.3, -0.25) is 4.79 Å². The Labute approximate surface area is 118 Å². The molecule has 0 saturated carbocycles. The highest BCUT2D eigenvalue weighted by Crippen LogP contribution is 2.24. The van der Waals surface area contributed by atoms with E-state index in [0.717, 1.165) is 18.4 Å². The van der Waals surface area contributed by atoms with Crippen LogP contribution in [0.3, 0.4) is 0 Å². The minimum Gasteiger partial charge on any atom is -0.493 e. The van der Waals surface area contributed by atoms with Gasteiger partial charge in [-0.25, -0.2) is 4.98 Å². The number of aldehydes is 1. The van der Waals surface area contributed by atoms with Gasteiger partial charge in [-0.05, 0) is 18.6 Å². The summed E-state index contributed by atoms with van der Waals surface area (Å²) in [6, 6.07) is 5.22. The predicted octanol–water partition coefficient (Wildman–Crippen LogP) is 2.60. The smallest absolute Gasteiger partial charge is 0.153 e. The zero-order chi connectivity index (χ0) is 14.4. The minimum absolute atomic E-state index is 0.356. The van der Waals surface area contributed by atoms with E-state index in [9.17, 15) is 4.79 Å². The van der Waals surface area contributed by atoms with Crippen LogP contribution in [0.4, 0.5) is 0 Å². The topological polar surface area (TPSA) is 53.4 Å². The second-order valence-electron chi connectivity index (χ2n) is 4.45. The second kappa shape index (κ2) is 6.75. The molecule has 0 atom stereocenters. The van der Waals surface area contributed by atoms with Gasteiger partial charge in [0.05, 0.1) is 30.4 Å². The maximum Gasteiger partial charge on any atom is 0.153 e. The Morgan fingerprint density at radius 1 is 1.35 bits per heavy atom. The molecule has 0 bridgehead atoms.